The molecule has 1 saturated carbocycles. The molecule has 0 unspecified atom stereocenters. The van der Waals surface area contributed by atoms with Crippen molar-refractivity contribution in [1.29, 1.82) is 0 Å². The maximum Gasteiger partial charge on any atom is 0.276 e. The van der Waals surface area contributed by atoms with Crippen LogP contribution in [0.25, 0.3) is 22.3 Å². The molecule has 4 aromatic rings. The number of rotatable bonds is 5. The number of nitrogens with one attached hydrogen (secondary N) is 3. The van der Waals surface area contributed by atoms with Gasteiger partial charge in [-0.15, -0.1) is 0 Å². The zero-order valence-corrected chi connectivity index (χ0v) is 20.8. The van der Waals surface area contributed by atoms with Gasteiger partial charge in [0.05, 0.1) is 29.8 Å². The van der Waals surface area contributed by atoms with E-state index in [-0.39, 0.29) is 11.8 Å². The normalized spacial score (nSPS) is 16.6. The van der Waals surface area contributed by atoms with Gasteiger partial charge in [0, 0.05) is 46.9 Å². The van der Waals surface area contributed by atoms with E-state index in [1.54, 1.807) is 6.20 Å². The molecule has 1 aliphatic carbocycles. The van der Waals surface area contributed by atoms with Crippen LogP contribution in [0.5, 0.6) is 0 Å². The smallest absolute Gasteiger partial charge is 0.276 e. The fraction of sp³-hybridized carbons (Fsp3) is 0.423. The molecule has 1 aliphatic heterocycles. The molecule has 0 spiro atoms. The first kappa shape index (κ1) is 22.5. The van der Waals surface area contributed by atoms with Crippen molar-refractivity contribution in [2.75, 3.05) is 18.4 Å². The number of likely N-dealkylation sites (tertiary alicyclic amines) is 1. The topological polar surface area (TPSA) is 125 Å². The molecule has 2 amide bonds. The van der Waals surface area contributed by atoms with E-state index in [0.29, 0.717) is 23.3 Å². The first-order chi connectivity index (χ1) is 17.4. The summed E-state index contributed by atoms with van der Waals surface area (Å²) in [5.41, 5.74) is 6.49. The van der Waals surface area contributed by atoms with Crippen molar-refractivity contribution in [2.45, 2.75) is 52.5 Å². The Kier molecular flexibility index (Phi) is 5.39. The molecule has 2 aliphatic rings. The Morgan fingerprint density at radius 3 is 2.53 bits per heavy atom. The van der Waals surface area contributed by atoms with Gasteiger partial charge in [0.1, 0.15) is 5.65 Å². The Balaban J connectivity index is 1.18. The second-order valence-electron chi connectivity index (χ2n) is 10.0. The first-order valence-electron chi connectivity index (χ1n) is 12.5. The van der Waals surface area contributed by atoms with Crippen molar-refractivity contribution in [3.63, 3.8) is 0 Å². The van der Waals surface area contributed by atoms with E-state index >= 15 is 0 Å². The predicted octanol–water partition coefficient (Wildman–Crippen LogP) is 3.90. The molecular weight excluding hydrogens is 456 g/mol. The number of nitrogens with zero attached hydrogens (tertiary/aromatic N) is 5. The number of piperidine rings is 1. The molecular formula is C26H30N8O2. The second kappa shape index (κ2) is 8.61. The lowest BCUT2D eigenvalue weighted by Gasteiger charge is -2.32. The molecule has 0 bridgehead atoms. The third-order valence-electron chi connectivity index (χ3n) is 7.58. The minimum absolute atomic E-state index is 0.268. The van der Waals surface area contributed by atoms with E-state index in [1.807, 2.05) is 37.1 Å². The maximum atomic E-state index is 12.6. The van der Waals surface area contributed by atoms with Crippen LogP contribution in [-0.2, 0) is 4.79 Å². The summed E-state index contributed by atoms with van der Waals surface area (Å²) in [6, 6.07) is 4.23. The molecule has 5 heterocycles. The summed E-state index contributed by atoms with van der Waals surface area (Å²) in [6.45, 7) is 7.45. The third kappa shape index (κ3) is 3.96. The van der Waals surface area contributed by atoms with Crippen molar-refractivity contribution in [3.8, 4) is 11.3 Å². The second-order valence-corrected chi connectivity index (χ2v) is 10.0. The lowest BCUT2D eigenvalue weighted by molar-refractivity contribution is -0.133. The summed E-state index contributed by atoms with van der Waals surface area (Å²) in [4.78, 5) is 34.9. The number of fused-ring (bicyclic) bond motifs is 1. The standard InChI is InChI=1S/C26H30N8O2/c1-14-15(2)31-32-23(14)25(35)29-19-10-18-11-22(30-24(18)27-12-19)21-13-28-34(16(21)3)20-6-8-33(9-7-20)26(36)17-4-5-17/h10-13,17,20H,4-9H2,1-3H3,(H,27,30)(H,29,35)(H,31,32). The number of anilines is 1. The predicted molar refractivity (Wildman–Crippen MR) is 136 cm³/mol. The Bertz CT molecular complexity index is 1470. The van der Waals surface area contributed by atoms with Crippen molar-refractivity contribution in [1.82, 2.24) is 34.8 Å². The number of aryl methyl sites for hydroxylation is 1. The van der Waals surface area contributed by atoms with Crippen LogP contribution in [0.2, 0.25) is 0 Å². The fourth-order valence-corrected chi connectivity index (χ4v) is 5.10. The van der Waals surface area contributed by atoms with Gasteiger partial charge in [-0.2, -0.15) is 10.2 Å². The van der Waals surface area contributed by atoms with Gasteiger partial charge in [-0.05, 0) is 58.6 Å². The average molecular weight is 487 g/mol. The monoisotopic (exact) mass is 486 g/mol. The average Bonchev–Trinajstić information content (AvgIpc) is 3.41. The number of aromatic nitrogens is 6. The van der Waals surface area contributed by atoms with Crippen LogP contribution in [-0.4, -0.2) is 59.7 Å². The van der Waals surface area contributed by atoms with E-state index in [9.17, 15) is 9.59 Å². The van der Waals surface area contributed by atoms with Crippen LogP contribution < -0.4 is 5.32 Å². The number of amides is 2. The highest BCUT2D eigenvalue weighted by Crippen LogP contribution is 2.34. The SMILES string of the molecule is Cc1[nH]nc(C(=O)Nc2cnc3[nH]c(-c4cnn(C5CCN(C(=O)C6CC6)CC5)c4C)cc3c2)c1C. The number of hydrogen-bond donors (Lipinski definition) is 3. The molecule has 4 aromatic heterocycles. The Morgan fingerprint density at radius 1 is 1.06 bits per heavy atom. The van der Waals surface area contributed by atoms with E-state index in [0.717, 1.165) is 78.0 Å². The fourth-order valence-electron chi connectivity index (χ4n) is 5.10. The largest absolute Gasteiger partial charge is 0.342 e. The third-order valence-corrected chi connectivity index (χ3v) is 7.58. The molecule has 0 aromatic carbocycles. The molecule has 1 saturated heterocycles. The van der Waals surface area contributed by atoms with E-state index in [4.69, 9.17) is 5.10 Å². The van der Waals surface area contributed by atoms with Crippen LogP contribution in [0.4, 0.5) is 5.69 Å². The van der Waals surface area contributed by atoms with Gasteiger partial charge < -0.3 is 15.2 Å². The molecule has 36 heavy (non-hydrogen) atoms. The number of aromatic amines is 2. The summed E-state index contributed by atoms with van der Waals surface area (Å²) in [5, 5.41) is 15.4. The number of carbonyl (C=O) groups excluding carboxylic acids is 2. The number of pyridine rings is 1. The molecule has 3 N–H and O–H groups in total. The van der Waals surface area contributed by atoms with Gasteiger partial charge in [-0.25, -0.2) is 4.98 Å². The van der Waals surface area contributed by atoms with Crippen molar-refractivity contribution in [3.05, 3.63) is 47.2 Å². The van der Waals surface area contributed by atoms with Crippen molar-refractivity contribution >= 4 is 28.5 Å². The summed E-state index contributed by atoms with van der Waals surface area (Å²) < 4.78 is 2.10. The molecule has 6 rings (SSSR count). The van der Waals surface area contributed by atoms with Crippen molar-refractivity contribution < 1.29 is 9.59 Å². The summed E-state index contributed by atoms with van der Waals surface area (Å²) in [7, 11) is 0. The minimum Gasteiger partial charge on any atom is -0.342 e. The molecule has 10 heteroatoms. The number of carbonyl (C=O) groups is 2. The van der Waals surface area contributed by atoms with Gasteiger partial charge in [-0.3, -0.25) is 19.4 Å². The molecule has 10 nitrogen and oxygen atoms in total. The van der Waals surface area contributed by atoms with Gasteiger partial charge >= 0.3 is 0 Å². The summed E-state index contributed by atoms with van der Waals surface area (Å²) in [5.74, 6) is 0.348. The van der Waals surface area contributed by atoms with Crippen LogP contribution in [0.15, 0.2) is 24.5 Å². The summed E-state index contributed by atoms with van der Waals surface area (Å²) >= 11 is 0. The van der Waals surface area contributed by atoms with E-state index in [1.165, 1.54) is 0 Å². The number of hydrogen-bond acceptors (Lipinski definition) is 5. The Morgan fingerprint density at radius 2 is 1.83 bits per heavy atom. The molecule has 2 fully saturated rings. The van der Waals surface area contributed by atoms with Crippen molar-refractivity contribution in [2.24, 2.45) is 5.92 Å². The highest BCUT2D eigenvalue weighted by atomic mass is 16.2. The van der Waals surface area contributed by atoms with Crippen LogP contribution in [0.1, 0.15) is 59.2 Å². The van der Waals surface area contributed by atoms with Crippen LogP contribution >= 0.6 is 0 Å². The maximum absolute atomic E-state index is 12.6. The Hall–Kier alpha value is -3.95. The van der Waals surface area contributed by atoms with Gasteiger partial charge in [0.15, 0.2) is 5.69 Å². The van der Waals surface area contributed by atoms with Gasteiger partial charge in [0.2, 0.25) is 5.91 Å². The first-order valence-corrected chi connectivity index (χ1v) is 12.5. The lowest BCUT2D eigenvalue weighted by atomic mass is 10.0. The highest BCUT2D eigenvalue weighted by molar-refractivity contribution is 6.04. The zero-order chi connectivity index (χ0) is 25.0. The minimum atomic E-state index is -0.268. The van der Waals surface area contributed by atoms with Gasteiger partial charge in [0.25, 0.3) is 5.91 Å². The number of H-pyrrole nitrogens is 2. The quantitative estimate of drug-likeness (QED) is 0.395. The van der Waals surface area contributed by atoms with Crippen LogP contribution in [0.3, 0.4) is 0 Å². The van der Waals surface area contributed by atoms with E-state index < -0.39 is 0 Å². The lowest BCUT2D eigenvalue weighted by Crippen LogP contribution is -2.40. The molecule has 186 valence electrons. The summed E-state index contributed by atoms with van der Waals surface area (Å²) in [6.07, 6.45) is 7.49. The van der Waals surface area contributed by atoms with Crippen LogP contribution in [0, 0.1) is 26.7 Å². The Labute approximate surface area is 208 Å². The highest BCUT2D eigenvalue weighted by Gasteiger charge is 2.35. The zero-order valence-electron chi connectivity index (χ0n) is 20.8. The molecule has 0 radical (unpaired) electrons. The molecule has 0 atom stereocenters. The van der Waals surface area contributed by atoms with E-state index in [2.05, 4.69) is 37.1 Å². The van der Waals surface area contributed by atoms with Gasteiger partial charge in [-0.1, -0.05) is 0 Å².